The second kappa shape index (κ2) is 16.2. The number of rotatable bonds is 13. The summed E-state index contributed by atoms with van der Waals surface area (Å²) < 4.78 is 11.7. The third-order valence-electron chi connectivity index (χ3n) is 5.64. The van der Waals surface area contributed by atoms with E-state index in [0.717, 1.165) is 57.9 Å². The summed E-state index contributed by atoms with van der Waals surface area (Å²) in [6.07, 6.45) is 6.60. The van der Waals surface area contributed by atoms with Crippen molar-refractivity contribution in [1.82, 2.24) is 9.80 Å². The molecule has 1 aliphatic heterocycles. The van der Waals surface area contributed by atoms with E-state index in [-0.39, 0.29) is 18.5 Å². The van der Waals surface area contributed by atoms with Crippen molar-refractivity contribution in [3.63, 3.8) is 0 Å². The Morgan fingerprint density at radius 1 is 1.13 bits per heavy atom. The highest BCUT2D eigenvalue weighted by Gasteiger charge is 2.22. The molecule has 0 aromatic heterocycles. The maximum absolute atomic E-state index is 12.6. The third-order valence-corrected chi connectivity index (χ3v) is 5.64. The van der Waals surface area contributed by atoms with E-state index in [2.05, 4.69) is 35.9 Å². The van der Waals surface area contributed by atoms with E-state index in [1.54, 1.807) is 0 Å². The van der Waals surface area contributed by atoms with Crippen molar-refractivity contribution in [3.8, 4) is 5.75 Å². The number of nitrogens with one attached hydrogen (secondary N) is 1. The SMILES string of the molecule is CCCCCOc1cccc(NC(=O)OC(CN(CC)CC)CN2CCCCC2)c1.Cl. The lowest BCUT2D eigenvalue weighted by atomic mass is 10.1. The van der Waals surface area contributed by atoms with E-state index >= 15 is 0 Å². The van der Waals surface area contributed by atoms with E-state index in [9.17, 15) is 4.79 Å². The standard InChI is InChI=1S/C24H41N3O3.ClH/c1-4-7-11-17-29-22-14-12-13-21(18-22)25-24(28)30-23(19-26(5-2)6-3)20-27-15-9-8-10-16-27;/h12-14,18,23H,4-11,15-17,19-20H2,1-3H3,(H,25,28);1H. The zero-order chi connectivity index (χ0) is 21.6. The first-order chi connectivity index (χ1) is 14.6. The molecule has 1 heterocycles. The summed E-state index contributed by atoms with van der Waals surface area (Å²) in [7, 11) is 0. The van der Waals surface area contributed by atoms with Crippen LogP contribution < -0.4 is 10.1 Å². The van der Waals surface area contributed by atoms with Gasteiger partial charge in [-0.3, -0.25) is 10.2 Å². The summed E-state index contributed by atoms with van der Waals surface area (Å²) >= 11 is 0. The molecule has 0 bridgehead atoms. The molecule has 1 fully saturated rings. The number of likely N-dealkylation sites (N-methyl/N-ethyl adjacent to an activating group) is 1. The lowest BCUT2D eigenvalue weighted by Crippen LogP contribution is -2.44. The second-order valence-corrected chi connectivity index (χ2v) is 8.08. The molecular formula is C24H42ClN3O3. The van der Waals surface area contributed by atoms with Crippen LogP contribution in [0, 0.1) is 0 Å². The molecule has 0 radical (unpaired) electrons. The molecule has 7 heteroatoms. The number of carbonyl (C=O) groups excluding carboxylic acids is 1. The molecule has 0 spiro atoms. The van der Waals surface area contributed by atoms with Crippen molar-refractivity contribution >= 4 is 24.2 Å². The highest BCUT2D eigenvalue weighted by Crippen LogP contribution is 2.18. The minimum atomic E-state index is -0.396. The highest BCUT2D eigenvalue weighted by atomic mass is 35.5. The molecule has 1 aliphatic rings. The van der Waals surface area contributed by atoms with Crippen LogP contribution in [0.5, 0.6) is 5.75 Å². The van der Waals surface area contributed by atoms with Gasteiger partial charge in [0.25, 0.3) is 0 Å². The Morgan fingerprint density at radius 2 is 1.87 bits per heavy atom. The second-order valence-electron chi connectivity index (χ2n) is 8.08. The fraction of sp³-hybridized carbons (Fsp3) is 0.708. The van der Waals surface area contributed by atoms with Crippen LogP contribution in [0.25, 0.3) is 0 Å². The summed E-state index contributed by atoms with van der Waals surface area (Å²) in [5, 5.41) is 2.88. The number of unbranched alkanes of at least 4 members (excludes halogenated alkanes) is 2. The van der Waals surface area contributed by atoms with Gasteiger partial charge < -0.3 is 14.4 Å². The lowest BCUT2D eigenvalue weighted by molar-refractivity contribution is 0.0503. The summed E-state index contributed by atoms with van der Waals surface area (Å²) in [5.74, 6) is 0.775. The van der Waals surface area contributed by atoms with Crippen LogP contribution in [0.2, 0.25) is 0 Å². The average Bonchev–Trinajstić information content (AvgIpc) is 2.76. The molecule has 1 aromatic carbocycles. The first-order valence-electron chi connectivity index (χ1n) is 11.8. The van der Waals surface area contributed by atoms with E-state index < -0.39 is 6.09 Å². The number of anilines is 1. The van der Waals surface area contributed by atoms with Gasteiger partial charge in [0.2, 0.25) is 0 Å². The Kier molecular flexibility index (Phi) is 14.4. The Hall–Kier alpha value is -1.50. The molecule has 1 N–H and O–H groups in total. The molecule has 6 nitrogen and oxygen atoms in total. The van der Waals surface area contributed by atoms with E-state index in [1.165, 1.54) is 25.7 Å². The predicted molar refractivity (Wildman–Crippen MR) is 131 cm³/mol. The fourth-order valence-corrected chi connectivity index (χ4v) is 3.84. The number of amides is 1. The minimum Gasteiger partial charge on any atom is -0.494 e. The molecule has 0 aliphatic carbocycles. The third kappa shape index (κ3) is 11.1. The van der Waals surface area contributed by atoms with E-state index in [4.69, 9.17) is 9.47 Å². The molecule has 1 unspecified atom stereocenters. The topological polar surface area (TPSA) is 54.0 Å². The van der Waals surface area contributed by atoms with Gasteiger partial charge in [0.1, 0.15) is 11.9 Å². The molecule has 1 aromatic rings. The Labute approximate surface area is 195 Å². The molecule has 178 valence electrons. The maximum atomic E-state index is 12.6. The monoisotopic (exact) mass is 455 g/mol. The first kappa shape index (κ1) is 27.5. The van der Waals surface area contributed by atoms with Gasteiger partial charge in [-0.05, 0) is 57.6 Å². The zero-order valence-corrected chi connectivity index (χ0v) is 20.4. The van der Waals surface area contributed by atoms with Gasteiger partial charge in [0, 0.05) is 24.8 Å². The smallest absolute Gasteiger partial charge is 0.411 e. The minimum absolute atomic E-state index is 0. The van der Waals surface area contributed by atoms with E-state index in [1.807, 2.05) is 24.3 Å². The molecule has 31 heavy (non-hydrogen) atoms. The van der Waals surface area contributed by atoms with Gasteiger partial charge in [0.15, 0.2) is 0 Å². The van der Waals surface area contributed by atoms with Crippen molar-refractivity contribution in [2.75, 3.05) is 51.2 Å². The lowest BCUT2D eigenvalue weighted by Gasteiger charge is -2.32. The Morgan fingerprint density at radius 3 is 2.55 bits per heavy atom. The highest BCUT2D eigenvalue weighted by molar-refractivity contribution is 5.85. The number of nitrogens with zero attached hydrogens (tertiary/aromatic N) is 2. The summed E-state index contributed by atoms with van der Waals surface area (Å²) in [6.45, 7) is 12.8. The van der Waals surface area contributed by atoms with E-state index in [0.29, 0.717) is 12.3 Å². The number of piperidine rings is 1. The number of hydrogen-bond donors (Lipinski definition) is 1. The Bertz CT molecular complexity index is 607. The average molecular weight is 456 g/mol. The number of likely N-dealkylation sites (tertiary alicyclic amines) is 1. The molecule has 0 saturated carbocycles. The largest absolute Gasteiger partial charge is 0.494 e. The summed E-state index contributed by atoms with van der Waals surface area (Å²) in [5.41, 5.74) is 0.701. The number of benzene rings is 1. The Balaban J connectivity index is 0.00000480. The van der Waals surface area contributed by atoms with Gasteiger partial charge in [-0.25, -0.2) is 4.79 Å². The quantitative estimate of drug-likeness (QED) is 0.402. The number of carbonyl (C=O) groups is 1. The van der Waals surface area contributed by atoms with Gasteiger partial charge >= 0.3 is 6.09 Å². The normalized spacial score (nSPS) is 15.2. The van der Waals surface area contributed by atoms with Gasteiger partial charge in [-0.2, -0.15) is 0 Å². The van der Waals surface area contributed by atoms with Crippen molar-refractivity contribution in [2.24, 2.45) is 0 Å². The van der Waals surface area contributed by atoms with Gasteiger partial charge in [-0.15, -0.1) is 12.4 Å². The van der Waals surface area contributed by atoms with Crippen LogP contribution in [0.4, 0.5) is 10.5 Å². The zero-order valence-electron chi connectivity index (χ0n) is 19.6. The van der Waals surface area contributed by atoms with Crippen molar-refractivity contribution in [3.05, 3.63) is 24.3 Å². The fourth-order valence-electron chi connectivity index (χ4n) is 3.84. The summed E-state index contributed by atoms with van der Waals surface area (Å²) in [4.78, 5) is 17.4. The maximum Gasteiger partial charge on any atom is 0.411 e. The van der Waals surface area contributed by atoms with Gasteiger partial charge in [0.05, 0.1) is 6.61 Å². The molecule has 1 atom stereocenters. The van der Waals surface area contributed by atoms with Crippen LogP contribution in [0.1, 0.15) is 59.3 Å². The van der Waals surface area contributed by atoms with Crippen LogP contribution in [-0.4, -0.2) is 67.9 Å². The molecular weight excluding hydrogens is 414 g/mol. The summed E-state index contributed by atoms with van der Waals surface area (Å²) in [6, 6.07) is 7.54. The molecule has 1 saturated heterocycles. The number of ether oxygens (including phenoxy) is 2. The van der Waals surface area contributed by atoms with Crippen LogP contribution in [-0.2, 0) is 4.74 Å². The first-order valence-corrected chi connectivity index (χ1v) is 11.8. The predicted octanol–water partition coefficient (Wildman–Crippen LogP) is 5.42. The number of halogens is 1. The van der Waals surface area contributed by atoms with Crippen molar-refractivity contribution < 1.29 is 14.3 Å². The van der Waals surface area contributed by atoms with Crippen molar-refractivity contribution in [1.29, 1.82) is 0 Å². The van der Waals surface area contributed by atoms with Crippen LogP contribution >= 0.6 is 12.4 Å². The van der Waals surface area contributed by atoms with Crippen LogP contribution in [0.15, 0.2) is 24.3 Å². The molecule has 1 amide bonds. The van der Waals surface area contributed by atoms with Crippen LogP contribution in [0.3, 0.4) is 0 Å². The van der Waals surface area contributed by atoms with Gasteiger partial charge in [-0.1, -0.05) is 46.1 Å². The van der Waals surface area contributed by atoms with Crippen molar-refractivity contribution in [2.45, 2.75) is 65.4 Å². The molecule has 2 rings (SSSR count). The number of hydrogen-bond acceptors (Lipinski definition) is 5.